The number of thiazole rings is 1. The highest BCUT2D eigenvalue weighted by Gasteiger charge is 2.33. The monoisotopic (exact) mass is 544 g/mol. The Hall–Kier alpha value is -2.91. The number of hydrogen-bond acceptors (Lipinski definition) is 7. The summed E-state index contributed by atoms with van der Waals surface area (Å²) in [5.41, 5.74) is 1.42. The molecule has 0 N–H and O–H groups in total. The van der Waals surface area contributed by atoms with Crippen LogP contribution in [-0.2, 0) is 9.53 Å². The van der Waals surface area contributed by atoms with Crippen molar-refractivity contribution in [2.75, 3.05) is 6.61 Å². The van der Waals surface area contributed by atoms with Crippen molar-refractivity contribution in [1.29, 1.82) is 0 Å². The molecule has 178 valence electrons. The topological polar surface area (TPSA) is 73.8 Å². The molecule has 10 heteroatoms. The Morgan fingerprint density at radius 2 is 2.06 bits per heavy atom. The summed E-state index contributed by atoms with van der Waals surface area (Å²) >= 11 is 14.9. The number of carbonyl (C=O) groups is 1. The van der Waals surface area contributed by atoms with Gasteiger partial charge in [0, 0.05) is 16.5 Å². The molecular formula is C25H18Cl2N2O4S2. The number of halogens is 2. The molecule has 1 aliphatic heterocycles. The SMILES string of the molecule is CCOC(=O)C1=C(C)N=c2s/c(=C/c3ccc(-c4ccc(Cl)c(Cl)c4)o3)c(=O)n2[C@H]1c1cccs1. The number of fused-ring (bicyclic) bond motifs is 1. The number of thiophene rings is 1. The number of esters is 1. The van der Waals surface area contributed by atoms with Gasteiger partial charge in [-0.3, -0.25) is 9.36 Å². The Labute approximate surface area is 218 Å². The summed E-state index contributed by atoms with van der Waals surface area (Å²) in [5, 5.41) is 2.80. The Kier molecular flexibility index (Phi) is 6.55. The Balaban J connectivity index is 1.61. The van der Waals surface area contributed by atoms with Crippen molar-refractivity contribution < 1.29 is 13.9 Å². The van der Waals surface area contributed by atoms with Gasteiger partial charge in [0.1, 0.15) is 17.6 Å². The van der Waals surface area contributed by atoms with E-state index in [9.17, 15) is 9.59 Å². The third-order valence-corrected chi connectivity index (χ3v) is 8.08. The van der Waals surface area contributed by atoms with Gasteiger partial charge in [-0.2, -0.15) is 0 Å². The van der Waals surface area contributed by atoms with Crippen LogP contribution in [0.25, 0.3) is 17.4 Å². The van der Waals surface area contributed by atoms with E-state index >= 15 is 0 Å². The van der Waals surface area contributed by atoms with Crippen LogP contribution in [0.5, 0.6) is 0 Å². The first-order chi connectivity index (χ1) is 16.9. The standard InChI is InChI=1S/C25H18Cl2N2O4S2/c1-3-32-24(31)21-13(2)28-25-29(22(21)19-5-4-10-34-19)23(30)20(35-25)12-15-7-9-18(33-15)14-6-8-16(26)17(27)11-14/h4-12,22H,3H2,1-2H3/b20-12+/t22-/m0/s1. The quantitative estimate of drug-likeness (QED) is 0.314. The zero-order chi connectivity index (χ0) is 24.7. The molecule has 0 saturated heterocycles. The summed E-state index contributed by atoms with van der Waals surface area (Å²) in [4.78, 5) is 32.3. The second-order valence-corrected chi connectivity index (χ2v) is 10.5. The molecule has 0 amide bonds. The molecule has 0 saturated carbocycles. The highest BCUT2D eigenvalue weighted by atomic mass is 35.5. The largest absolute Gasteiger partial charge is 0.463 e. The van der Waals surface area contributed by atoms with E-state index in [4.69, 9.17) is 32.4 Å². The zero-order valence-corrected chi connectivity index (χ0v) is 21.7. The van der Waals surface area contributed by atoms with Gasteiger partial charge < -0.3 is 9.15 Å². The highest BCUT2D eigenvalue weighted by molar-refractivity contribution is 7.10. The van der Waals surface area contributed by atoms with Crippen LogP contribution in [-0.4, -0.2) is 17.1 Å². The summed E-state index contributed by atoms with van der Waals surface area (Å²) in [5.74, 6) is 0.628. The number of carbonyl (C=O) groups excluding carboxylic acids is 1. The van der Waals surface area contributed by atoms with Crippen LogP contribution in [0.1, 0.15) is 30.5 Å². The Bertz CT molecular complexity index is 1640. The van der Waals surface area contributed by atoms with Gasteiger partial charge in [0.2, 0.25) is 0 Å². The lowest BCUT2D eigenvalue weighted by Crippen LogP contribution is -2.39. The molecule has 4 aromatic rings. The van der Waals surface area contributed by atoms with Crippen molar-refractivity contribution in [3.8, 4) is 11.3 Å². The fraction of sp³-hybridized carbons (Fsp3) is 0.160. The number of aromatic nitrogens is 1. The first-order valence-electron chi connectivity index (χ1n) is 10.7. The average molecular weight is 545 g/mol. The molecule has 0 spiro atoms. The lowest BCUT2D eigenvalue weighted by atomic mass is 10.0. The van der Waals surface area contributed by atoms with Gasteiger partial charge in [0.15, 0.2) is 4.80 Å². The summed E-state index contributed by atoms with van der Waals surface area (Å²) in [6.07, 6.45) is 1.68. The van der Waals surface area contributed by atoms with E-state index in [-0.39, 0.29) is 12.2 Å². The van der Waals surface area contributed by atoms with Crippen LogP contribution < -0.4 is 14.9 Å². The first kappa shape index (κ1) is 23.8. The number of hydrogen-bond donors (Lipinski definition) is 0. The van der Waals surface area contributed by atoms with Gasteiger partial charge in [-0.1, -0.05) is 40.6 Å². The molecular weight excluding hydrogens is 527 g/mol. The molecule has 1 atom stereocenters. The van der Waals surface area contributed by atoms with Crippen LogP contribution >= 0.6 is 45.9 Å². The third-order valence-electron chi connectivity index (χ3n) is 5.43. The van der Waals surface area contributed by atoms with Crippen LogP contribution in [0.2, 0.25) is 10.0 Å². The number of furan rings is 1. The molecule has 35 heavy (non-hydrogen) atoms. The van der Waals surface area contributed by atoms with Crippen LogP contribution in [0.15, 0.2) is 73.3 Å². The average Bonchev–Trinajstić information content (AvgIpc) is 3.57. The van der Waals surface area contributed by atoms with Gasteiger partial charge in [-0.25, -0.2) is 9.79 Å². The van der Waals surface area contributed by atoms with Crippen molar-refractivity contribution in [2.45, 2.75) is 19.9 Å². The van der Waals surface area contributed by atoms with Gasteiger partial charge in [-0.15, -0.1) is 11.3 Å². The second kappa shape index (κ2) is 9.62. The summed E-state index contributed by atoms with van der Waals surface area (Å²) in [6.45, 7) is 3.75. The highest BCUT2D eigenvalue weighted by Crippen LogP contribution is 2.33. The predicted octanol–water partition coefficient (Wildman–Crippen LogP) is 5.43. The van der Waals surface area contributed by atoms with E-state index in [0.717, 1.165) is 10.4 Å². The van der Waals surface area contributed by atoms with E-state index in [0.29, 0.717) is 42.2 Å². The van der Waals surface area contributed by atoms with E-state index in [1.165, 1.54) is 22.7 Å². The fourth-order valence-electron chi connectivity index (χ4n) is 3.87. The van der Waals surface area contributed by atoms with Gasteiger partial charge in [-0.05, 0) is 55.6 Å². The minimum Gasteiger partial charge on any atom is -0.463 e. The zero-order valence-electron chi connectivity index (χ0n) is 18.6. The molecule has 4 heterocycles. The van der Waals surface area contributed by atoms with Gasteiger partial charge in [0.25, 0.3) is 5.56 Å². The summed E-state index contributed by atoms with van der Waals surface area (Å²) in [6, 6.07) is 12.0. The van der Waals surface area contributed by atoms with E-state index < -0.39 is 12.0 Å². The van der Waals surface area contributed by atoms with E-state index in [2.05, 4.69) is 4.99 Å². The molecule has 0 bridgehead atoms. The molecule has 0 aliphatic carbocycles. The van der Waals surface area contributed by atoms with E-state index in [1.54, 1.807) is 48.8 Å². The maximum Gasteiger partial charge on any atom is 0.338 e. The molecule has 0 radical (unpaired) electrons. The van der Waals surface area contributed by atoms with Crippen LogP contribution in [0.4, 0.5) is 0 Å². The fourth-order valence-corrected chi connectivity index (χ4v) is 6.02. The lowest BCUT2D eigenvalue weighted by Gasteiger charge is -2.23. The molecule has 3 aromatic heterocycles. The van der Waals surface area contributed by atoms with Crippen molar-refractivity contribution in [2.24, 2.45) is 4.99 Å². The van der Waals surface area contributed by atoms with Gasteiger partial charge >= 0.3 is 5.97 Å². The normalized spacial score (nSPS) is 15.8. The lowest BCUT2D eigenvalue weighted by molar-refractivity contribution is -0.139. The summed E-state index contributed by atoms with van der Waals surface area (Å²) < 4.78 is 13.3. The van der Waals surface area contributed by atoms with E-state index in [1.807, 2.05) is 23.6 Å². The Morgan fingerprint density at radius 1 is 1.23 bits per heavy atom. The Morgan fingerprint density at radius 3 is 2.77 bits per heavy atom. The number of allylic oxidation sites excluding steroid dienone is 1. The second-order valence-electron chi connectivity index (χ2n) is 7.65. The number of ether oxygens (including phenoxy) is 1. The summed E-state index contributed by atoms with van der Waals surface area (Å²) in [7, 11) is 0. The maximum absolute atomic E-state index is 13.6. The minimum absolute atomic E-state index is 0.233. The molecule has 1 aromatic carbocycles. The maximum atomic E-state index is 13.6. The van der Waals surface area contributed by atoms with Crippen molar-refractivity contribution in [1.82, 2.24) is 4.57 Å². The smallest absolute Gasteiger partial charge is 0.338 e. The minimum atomic E-state index is -0.601. The molecule has 0 fully saturated rings. The van der Waals surface area contributed by atoms with Crippen molar-refractivity contribution >= 4 is 57.9 Å². The first-order valence-corrected chi connectivity index (χ1v) is 13.1. The number of benzene rings is 1. The number of nitrogens with zero attached hydrogens (tertiary/aromatic N) is 2. The van der Waals surface area contributed by atoms with Gasteiger partial charge in [0.05, 0.1) is 32.5 Å². The molecule has 1 aliphatic rings. The molecule has 6 nitrogen and oxygen atoms in total. The van der Waals surface area contributed by atoms with Crippen LogP contribution in [0, 0.1) is 0 Å². The van der Waals surface area contributed by atoms with Crippen molar-refractivity contribution in [3.63, 3.8) is 0 Å². The molecule has 0 unspecified atom stereocenters. The number of rotatable bonds is 5. The molecule has 5 rings (SSSR count). The van der Waals surface area contributed by atoms with Crippen molar-refractivity contribution in [3.05, 3.63) is 99.5 Å². The van der Waals surface area contributed by atoms with Crippen LogP contribution in [0.3, 0.4) is 0 Å². The third kappa shape index (κ3) is 4.43. The predicted molar refractivity (Wildman–Crippen MR) is 139 cm³/mol.